The van der Waals surface area contributed by atoms with Crippen molar-refractivity contribution in [3.05, 3.63) is 0 Å². The summed E-state index contributed by atoms with van der Waals surface area (Å²) >= 11 is 0. The first-order valence-corrected chi connectivity index (χ1v) is 10.1. The zero-order valence-corrected chi connectivity index (χ0v) is 15.9. The lowest BCUT2D eigenvalue weighted by Crippen LogP contribution is -2.53. The van der Waals surface area contributed by atoms with Crippen LogP contribution in [0.3, 0.4) is 0 Å². The second-order valence-corrected chi connectivity index (χ2v) is 7.99. The van der Waals surface area contributed by atoms with Crippen LogP contribution < -0.4 is 5.32 Å². The quantitative estimate of drug-likeness (QED) is 0.596. The molecule has 2 saturated heterocycles. The molecular weight excluding hydrogens is 318 g/mol. The normalized spacial score (nSPS) is 37.3. The van der Waals surface area contributed by atoms with Crippen LogP contribution in [0.25, 0.3) is 0 Å². The van der Waals surface area contributed by atoms with Gasteiger partial charge < -0.3 is 24.8 Å². The molecule has 2 heterocycles. The van der Waals surface area contributed by atoms with Crippen LogP contribution in [0.2, 0.25) is 0 Å². The number of nitrogens with zero attached hydrogens (tertiary/aromatic N) is 2. The smallest absolute Gasteiger partial charge is 0.194 e. The van der Waals surface area contributed by atoms with Gasteiger partial charge in [-0.15, -0.1) is 0 Å². The molecule has 0 aromatic carbocycles. The Balaban J connectivity index is 1.64. The number of ether oxygens (including phenoxy) is 2. The summed E-state index contributed by atoms with van der Waals surface area (Å²) in [5, 5.41) is 13.9. The van der Waals surface area contributed by atoms with E-state index in [-0.39, 0.29) is 23.7 Å². The van der Waals surface area contributed by atoms with Crippen molar-refractivity contribution in [3.8, 4) is 0 Å². The standard InChI is InChI=1S/C19H35N3O3/c1-3-20-18(21-14-19(2)9-5-4-8-17(19)23)22-10-12-25-16(13-22)15-7-6-11-24-15/h15-17,23H,3-14H2,1-2H3,(H,20,21). The fourth-order valence-corrected chi connectivity index (χ4v) is 4.24. The van der Waals surface area contributed by atoms with Gasteiger partial charge in [0.2, 0.25) is 0 Å². The molecule has 1 aliphatic carbocycles. The van der Waals surface area contributed by atoms with E-state index in [0.29, 0.717) is 6.54 Å². The number of rotatable bonds is 4. The first-order valence-electron chi connectivity index (χ1n) is 10.1. The molecule has 3 rings (SSSR count). The van der Waals surface area contributed by atoms with E-state index in [2.05, 4.69) is 24.1 Å². The fraction of sp³-hybridized carbons (Fsp3) is 0.947. The predicted molar refractivity (Wildman–Crippen MR) is 98.8 cm³/mol. The summed E-state index contributed by atoms with van der Waals surface area (Å²) in [6, 6.07) is 0. The van der Waals surface area contributed by atoms with Crippen molar-refractivity contribution in [2.45, 2.75) is 70.7 Å². The summed E-state index contributed by atoms with van der Waals surface area (Å²) < 4.78 is 11.8. The summed E-state index contributed by atoms with van der Waals surface area (Å²) in [5.41, 5.74) is -0.0980. The van der Waals surface area contributed by atoms with Gasteiger partial charge in [-0.3, -0.25) is 4.99 Å². The van der Waals surface area contributed by atoms with E-state index in [4.69, 9.17) is 14.5 Å². The van der Waals surface area contributed by atoms with E-state index in [1.165, 1.54) is 6.42 Å². The van der Waals surface area contributed by atoms with Crippen LogP contribution in [0.15, 0.2) is 4.99 Å². The lowest BCUT2D eigenvalue weighted by Gasteiger charge is -2.39. The molecule has 144 valence electrons. The Labute approximate surface area is 152 Å². The van der Waals surface area contributed by atoms with Crippen LogP contribution in [0, 0.1) is 5.41 Å². The molecule has 0 bridgehead atoms. The minimum atomic E-state index is -0.239. The molecule has 6 heteroatoms. The minimum Gasteiger partial charge on any atom is -0.392 e. The van der Waals surface area contributed by atoms with Gasteiger partial charge in [-0.2, -0.15) is 0 Å². The number of hydrogen-bond acceptors (Lipinski definition) is 4. The number of guanidine groups is 1. The maximum absolute atomic E-state index is 10.4. The van der Waals surface area contributed by atoms with E-state index in [0.717, 1.165) is 70.9 Å². The SMILES string of the molecule is CCNC(=NCC1(C)CCCCC1O)N1CCOC(C2CCCO2)C1. The van der Waals surface area contributed by atoms with Crippen LogP contribution in [0.5, 0.6) is 0 Å². The molecule has 2 N–H and O–H groups in total. The van der Waals surface area contributed by atoms with Crippen LogP contribution in [-0.2, 0) is 9.47 Å². The van der Waals surface area contributed by atoms with Crippen LogP contribution in [-0.4, -0.2) is 73.7 Å². The second-order valence-electron chi connectivity index (χ2n) is 7.99. The molecule has 4 unspecified atom stereocenters. The van der Waals surface area contributed by atoms with Crippen LogP contribution in [0.1, 0.15) is 52.4 Å². The lowest BCUT2D eigenvalue weighted by atomic mass is 9.73. The molecule has 0 aromatic rings. The van der Waals surface area contributed by atoms with Gasteiger partial charge in [0.1, 0.15) is 6.10 Å². The van der Waals surface area contributed by atoms with Gasteiger partial charge in [0.25, 0.3) is 0 Å². The third-order valence-corrected chi connectivity index (χ3v) is 5.98. The molecule has 0 radical (unpaired) electrons. The Morgan fingerprint density at radius 1 is 1.20 bits per heavy atom. The summed E-state index contributed by atoms with van der Waals surface area (Å²) in [5.74, 6) is 0.952. The molecule has 0 spiro atoms. The maximum atomic E-state index is 10.4. The highest BCUT2D eigenvalue weighted by molar-refractivity contribution is 5.80. The van der Waals surface area contributed by atoms with Crippen molar-refractivity contribution in [2.75, 3.05) is 39.4 Å². The highest BCUT2D eigenvalue weighted by atomic mass is 16.5. The fourth-order valence-electron chi connectivity index (χ4n) is 4.24. The first kappa shape index (κ1) is 18.9. The molecule has 0 amide bonds. The van der Waals surface area contributed by atoms with Gasteiger partial charge in [0, 0.05) is 31.7 Å². The zero-order chi connectivity index (χ0) is 17.7. The van der Waals surface area contributed by atoms with E-state index >= 15 is 0 Å². The third kappa shape index (κ3) is 4.66. The molecule has 3 aliphatic rings. The molecule has 1 saturated carbocycles. The van der Waals surface area contributed by atoms with E-state index in [9.17, 15) is 5.11 Å². The van der Waals surface area contributed by atoms with Gasteiger partial charge in [0.05, 0.1) is 25.4 Å². The molecular formula is C19H35N3O3. The summed E-state index contributed by atoms with van der Waals surface area (Å²) in [4.78, 5) is 7.22. The van der Waals surface area contributed by atoms with Crippen molar-refractivity contribution < 1.29 is 14.6 Å². The number of aliphatic hydroxyl groups is 1. The predicted octanol–water partition coefficient (Wildman–Crippen LogP) is 1.77. The number of morpholine rings is 1. The monoisotopic (exact) mass is 353 g/mol. The average Bonchev–Trinajstić information content (AvgIpc) is 3.16. The molecule has 6 nitrogen and oxygen atoms in total. The molecule has 2 aliphatic heterocycles. The average molecular weight is 354 g/mol. The van der Waals surface area contributed by atoms with Crippen molar-refractivity contribution in [2.24, 2.45) is 10.4 Å². The van der Waals surface area contributed by atoms with Crippen molar-refractivity contribution in [3.63, 3.8) is 0 Å². The van der Waals surface area contributed by atoms with Gasteiger partial charge in [-0.1, -0.05) is 19.8 Å². The Hall–Kier alpha value is -0.850. The van der Waals surface area contributed by atoms with E-state index in [1.54, 1.807) is 0 Å². The largest absolute Gasteiger partial charge is 0.392 e. The van der Waals surface area contributed by atoms with Crippen molar-refractivity contribution in [1.29, 1.82) is 0 Å². The zero-order valence-electron chi connectivity index (χ0n) is 15.9. The van der Waals surface area contributed by atoms with Crippen LogP contribution >= 0.6 is 0 Å². The number of nitrogens with one attached hydrogen (secondary N) is 1. The molecule has 3 fully saturated rings. The number of hydrogen-bond donors (Lipinski definition) is 2. The minimum absolute atomic E-state index is 0.0980. The molecule has 4 atom stereocenters. The Bertz CT molecular complexity index is 453. The van der Waals surface area contributed by atoms with E-state index < -0.39 is 0 Å². The van der Waals surface area contributed by atoms with Gasteiger partial charge in [-0.05, 0) is 32.6 Å². The van der Waals surface area contributed by atoms with Crippen LogP contribution in [0.4, 0.5) is 0 Å². The number of aliphatic hydroxyl groups excluding tert-OH is 1. The summed E-state index contributed by atoms with van der Waals surface area (Å²) in [6.45, 7) is 9.06. The highest BCUT2D eigenvalue weighted by Crippen LogP contribution is 2.36. The maximum Gasteiger partial charge on any atom is 0.194 e. The van der Waals surface area contributed by atoms with Crippen molar-refractivity contribution in [1.82, 2.24) is 10.2 Å². The molecule has 25 heavy (non-hydrogen) atoms. The third-order valence-electron chi connectivity index (χ3n) is 5.98. The van der Waals surface area contributed by atoms with E-state index in [1.807, 2.05) is 0 Å². The van der Waals surface area contributed by atoms with Gasteiger partial charge in [0.15, 0.2) is 5.96 Å². The summed E-state index contributed by atoms with van der Waals surface area (Å²) in [7, 11) is 0. The van der Waals surface area contributed by atoms with Crippen molar-refractivity contribution >= 4 is 5.96 Å². The Kier molecular flexibility index (Phi) is 6.58. The van der Waals surface area contributed by atoms with Gasteiger partial charge in [-0.25, -0.2) is 0 Å². The number of aliphatic imine (C=N–C) groups is 1. The first-order chi connectivity index (χ1) is 12.1. The Morgan fingerprint density at radius 2 is 2.04 bits per heavy atom. The van der Waals surface area contributed by atoms with Gasteiger partial charge >= 0.3 is 0 Å². The highest BCUT2D eigenvalue weighted by Gasteiger charge is 2.36. The topological polar surface area (TPSA) is 66.3 Å². The second kappa shape index (κ2) is 8.69. The lowest BCUT2D eigenvalue weighted by molar-refractivity contribution is -0.0817. The Morgan fingerprint density at radius 3 is 2.76 bits per heavy atom. The summed E-state index contributed by atoms with van der Waals surface area (Å²) in [6.07, 6.45) is 6.63. The molecule has 0 aromatic heterocycles.